The van der Waals surface area contributed by atoms with E-state index in [9.17, 15) is 4.79 Å². The smallest absolute Gasteiger partial charge is 0.155 e. The summed E-state index contributed by atoms with van der Waals surface area (Å²) >= 11 is 0. The zero-order valence-electron chi connectivity index (χ0n) is 13.1. The van der Waals surface area contributed by atoms with Gasteiger partial charge in [0, 0.05) is 5.92 Å². The summed E-state index contributed by atoms with van der Waals surface area (Å²) in [7, 11) is 0. The van der Waals surface area contributed by atoms with Gasteiger partial charge in [-0.2, -0.15) is 0 Å². The van der Waals surface area contributed by atoms with Gasteiger partial charge < -0.3 is 0 Å². The van der Waals surface area contributed by atoms with E-state index in [1.54, 1.807) is 0 Å². The highest BCUT2D eigenvalue weighted by molar-refractivity contribution is 5.89. The van der Waals surface area contributed by atoms with Gasteiger partial charge in [0.1, 0.15) is 0 Å². The Hall–Kier alpha value is -0.370. The van der Waals surface area contributed by atoms with E-state index in [0.29, 0.717) is 17.6 Å². The fourth-order valence-electron chi connectivity index (χ4n) is 3.83. The van der Waals surface area contributed by atoms with Crippen LogP contribution in [0.4, 0.5) is 0 Å². The predicted octanol–water partition coefficient (Wildman–Crippen LogP) is 3.75. The molecule has 0 radical (unpaired) electrons. The summed E-state index contributed by atoms with van der Waals surface area (Å²) in [5.41, 5.74) is -0.301. The van der Waals surface area contributed by atoms with Crippen LogP contribution in [0.5, 0.6) is 0 Å². The molecule has 0 aromatic carbocycles. The van der Waals surface area contributed by atoms with Gasteiger partial charge in [-0.1, -0.05) is 27.7 Å². The summed E-state index contributed by atoms with van der Waals surface area (Å²) in [5.74, 6) is 2.15. The SMILES string of the molecule is CCN(CC)C(C)(C)C(=O)C1CC(C)CC(C)C1. The first-order valence-corrected chi connectivity index (χ1v) is 7.62. The fraction of sp³-hybridized carbons (Fsp3) is 0.938. The minimum Gasteiger partial charge on any atom is -0.297 e. The molecule has 0 aliphatic heterocycles. The van der Waals surface area contributed by atoms with E-state index in [0.717, 1.165) is 25.9 Å². The van der Waals surface area contributed by atoms with Gasteiger partial charge in [0.25, 0.3) is 0 Å². The fourth-order valence-corrected chi connectivity index (χ4v) is 3.83. The van der Waals surface area contributed by atoms with Crippen molar-refractivity contribution in [2.45, 2.75) is 66.3 Å². The van der Waals surface area contributed by atoms with Gasteiger partial charge >= 0.3 is 0 Å². The number of rotatable bonds is 5. The van der Waals surface area contributed by atoms with Crippen LogP contribution in [-0.2, 0) is 4.79 Å². The Kier molecular flexibility index (Phi) is 5.39. The van der Waals surface area contributed by atoms with Crippen LogP contribution in [0.25, 0.3) is 0 Å². The molecule has 0 amide bonds. The third-order valence-electron chi connectivity index (χ3n) is 4.71. The molecule has 1 aliphatic rings. The van der Waals surface area contributed by atoms with Crippen molar-refractivity contribution < 1.29 is 4.79 Å². The van der Waals surface area contributed by atoms with Crippen LogP contribution in [0.3, 0.4) is 0 Å². The molecule has 106 valence electrons. The molecule has 1 fully saturated rings. The van der Waals surface area contributed by atoms with Crippen LogP contribution >= 0.6 is 0 Å². The molecule has 0 aromatic rings. The van der Waals surface area contributed by atoms with E-state index >= 15 is 0 Å². The molecule has 2 heteroatoms. The summed E-state index contributed by atoms with van der Waals surface area (Å²) in [4.78, 5) is 15.1. The van der Waals surface area contributed by atoms with E-state index in [2.05, 4.69) is 46.4 Å². The van der Waals surface area contributed by atoms with E-state index in [4.69, 9.17) is 0 Å². The van der Waals surface area contributed by atoms with E-state index in [1.807, 2.05) is 0 Å². The number of Topliss-reactive ketones (excluding diaryl/α,β-unsaturated/α-hetero) is 1. The number of hydrogen-bond donors (Lipinski definition) is 0. The van der Waals surface area contributed by atoms with Crippen LogP contribution in [-0.4, -0.2) is 29.3 Å². The van der Waals surface area contributed by atoms with Crippen molar-refractivity contribution in [3.63, 3.8) is 0 Å². The molecule has 2 unspecified atom stereocenters. The molecule has 0 N–H and O–H groups in total. The first-order chi connectivity index (χ1) is 8.32. The maximum Gasteiger partial charge on any atom is 0.155 e. The van der Waals surface area contributed by atoms with Gasteiger partial charge in [0.15, 0.2) is 5.78 Å². The van der Waals surface area contributed by atoms with Crippen molar-refractivity contribution in [2.75, 3.05) is 13.1 Å². The lowest BCUT2D eigenvalue weighted by atomic mass is 9.71. The Bertz CT molecular complexity index is 271. The number of carbonyl (C=O) groups is 1. The van der Waals surface area contributed by atoms with Crippen LogP contribution in [0, 0.1) is 17.8 Å². The summed E-state index contributed by atoms with van der Waals surface area (Å²) in [6, 6.07) is 0. The summed E-state index contributed by atoms with van der Waals surface area (Å²) < 4.78 is 0. The van der Waals surface area contributed by atoms with Crippen molar-refractivity contribution in [2.24, 2.45) is 17.8 Å². The monoisotopic (exact) mass is 253 g/mol. The van der Waals surface area contributed by atoms with Crippen molar-refractivity contribution >= 4 is 5.78 Å². The zero-order valence-corrected chi connectivity index (χ0v) is 13.1. The molecule has 0 saturated heterocycles. The first kappa shape index (κ1) is 15.7. The second-order valence-electron chi connectivity index (χ2n) is 6.71. The molecule has 0 spiro atoms. The van der Waals surface area contributed by atoms with E-state index in [-0.39, 0.29) is 11.5 Å². The topological polar surface area (TPSA) is 20.3 Å². The molecule has 18 heavy (non-hydrogen) atoms. The molecular formula is C16H31NO. The molecule has 0 bridgehead atoms. The Labute approximate surface area is 113 Å². The molecular weight excluding hydrogens is 222 g/mol. The lowest BCUT2D eigenvalue weighted by Crippen LogP contribution is -2.53. The molecule has 1 aliphatic carbocycles. The summed E-state index contributed by atoms with van der Waals surface area (Å²) in [5, 5.41) is 0. The quantitative estimate of drug-likeness (QED) is 0.744. The normalized spacial score (nSPS) is 29.6. The highest BCUT2D eigenvalue weighted by atomic mass is 16.1. The Morgan fingerprint density at radius 3 is 1.89 bits per heavy atom. The van der Waals surface area contributed by atoms with Crippen molar-refractivity contribution in [1.82, 2.24) is 4.90 Å². The van der Waals surface area contributed by atoms with Crippen LogP contribution in [0.2, 0.25) is 0 Å². The van der Waals surface area contributed by atoms with Crippen molar-refractivity contribution in [3.8, 4) is 0 Å². The Morgan fingerprint density at radius 2 is 1.50 bits per heavy atom. The highest BCUT2D eigenvalue weighted by Gasteiger charge is 2.39. The number of ketones is 1. The third-order valence-corrected chi connectivity index (χ3v) is 4.71. The molecule has 0 heterocycles. The maximum absolute atomic E-state index is 12.8. The molecule has 0 aromatic heterocycles. The number of likely N-dealkylation sites (N-methyl/N-ethyl adjacent to an activating group) is 1. The van der Waals surface area contributed by atoms with Crippen LogP contribution in [0.1, 0.15) is 60.8 Å². The van der Waals surface area contributed by atoms with Gasteiger partial charge in [0.2, 0.25) is 0 Å². The zero-order chi connectivity index (χ0) is 13.9. The predicted molar refractivity (Wildman–Crippen MR) is 77.7 cm³/mol. The van der Waals surface area contributed by atoms with Gasteiger partial charge in [0.05, 0.1) is 5.54 Å². The summed E-state index contributed by atoms with van der Waals surface area (Å²) in [6.07, 6.45) is 3.47. The minimum atomic E-state index is -0.301. The number of carbonyl (C=O) groups excluding carboxylic acids is 1. The van der Waals surface area contributed by atoms with Crippen LogP contribution in [0.15, 0.2) is 0 Å². The van der Waals surface area contributed by atoms with Gasteiger partial charge in [-0.25, -0.2) is 0 Å². The van der Waals surface area contributed by atoms with Gasteiger partial charge in [-0.15, -0.1) is 0 Å². The van der Waals surface area contributed by atoms with Gasteiger partial charge in [-0.05, 0) is 58.0 Å². The lowest BCUT2D eigenvalue weighted by molar-refractivity contribution is -0.135. The van der Waals surface area contributed by atoms with Crippen LogP contribution < -0.4 is 0 Å². The lowest BCUT2D eigenvalue weighted by Gasteiger charge is -2.41. The number of hydrogen-bond acceptors (Lipinski definition) is 2. The average Bonchev–Trinajstić information content (AvgIpc) is 2.27. The van der Waals surface area contributed by atoms with Crippen molar-refractivity contribution in [1.29, 1.82) is 0 Å². The Balaban J connectivity index is 2.78. The largest absolute Gasteiger partial charge is 0.297 e. The first-order valence-electron chi connectivity index (χ1n) is 7.62. The van der Waals surface area contributed by atoms with E-state index in [1.165, 1.54) is 6.42 Å². The maximum atomic E-state index is 12.8. The second-order valence-corrected chi connectivity index (χ2v) is 6.71. The Morgan fingerprint density at radius 1 is 1.06 bits per heavy atom. The van der Waals surface area contributed by atoms with Crippen molar-refractivity contribution in [3.05, 3.63) is 0 Å². The summed E-state index contributed by atoms with van der Waals surface area (Å²) in [6.45, 7) is 15.0. The average molecular weight is 253 g/mol. The van der Waals surface area contributed by atoms with Gasteiger partial charge in [-0.3, -0.25) is 9.69 Å². The standard InChI is InChI=1S/C16H31NO/c1-7-17(8-2)16(5,6)15(18)14-10-12(3)9-13(4)11-14/h12-14H,7-11H2,1-6H3. The molecule has 1 saturated carbocycles. The van der Waals surface area contributed by atoms with E-state index < -0.39 is 0 Å². The third kappa shape index (κ3) is 3.34. The minimum absolute atomic E-state index is 0.277. The number of nitrogens with zero attached hydrogens (tertiary/aromatic N) is 1. The second kappa shape index (κ2) is 6.18. The molecule has 1 rings (SSSR count). The highest BCUT2D eigenvalue weighted by Crippen LogP contribution is 2.36. The molecule has 2 atom stereocenters. The molecule has 2 nitrogen and oxygen atoms in total.